The van der Waals surface area contributed by atoms with Crippen LogP contribution in [0.25, 0.3) is 0 Å². The van der Waals surface area contributed by atoms with Crippen LogP contribution < -0.4 is 5.32 Å². The van der Waals surface area contributed by atoms with Gasteiger partial charge in [-0.05, 0) is 31.5 Å². The number of amides is 1. The maximum absolute atomic E-state index is 12.0. The zero-order valence-corrected chi connectivity index (χ0v) is 13.1. The van der Waals surface area contributed by atoms with Gasteiger partial charge in [0.2, 0.25) is 5.91 Å². The van der Waals surface area contributed by atoms with Gasteiger partial charge in [0.15, 0.2) is 0 Å². The molecule has 2 aromatic carbocycles. The van der Waals surface area contributed by atoms with E-state index >= 15 is 0 Å². The SMILES string of the molecule is Cc1ccccc1SCC(=O)Nc1cccc([N+](=O)[O-])c1C. The predicted molar refractivity (Wildman–Crippen MR) is 88.4 cm³/mol. The van der Waals surface area contributed by atoms with E-state index in [0.29, 0.717) is 11.3 Å². The number of nitro groups is 1. The average Bonchev–Trinajstić information content (AvgIpc) is 2.48. The minimum Gasteiger partial charge on any atom is -0.325 e. The highest BCUT2D eigenvalue weighted by molar-refractivity contribution is 8.00. The van der Waals surface area contributed by atoms with Gasteiger partial charge in [-0.3, -0.25) is 14.9 Å². The van der Waals surface area contributed by atoms with Gasteiger partial charge in [-0.2, -0.15) is 0 Å². The van der Waals surface area contributed by atoms with E-state index in [0.717, 1.165) is 10.5 Å². The van der Waals surface area contributed by atoms with Crippen molar-refractivity contribution < 1.29 is 9.72 Å². The second-order valence-corrected chi connectivity index (χ2v) is 5.83. The first-order chi connectivity index (χ1) is 10.5. The number of nitrogens with zero attached hydrogens (tertiary/aromatic N) is 1. The Balaban J connectivity index is 2.02. The lowest BCUT2D eigenvalue weighted by atomic mass is 10.1. The fourth-order valence-electron chi connectivity index (χ4n) is 2.00. The van der Waals surface area contributed by atoms with Crippen molar-refractivity contribution in [2.24, 2.45) is 0 Å². The normalized spacial score (nSPS) is 10.3. The molecule has 5 nitrogen and oxygen atoms in total. The van der Waals surface area contributed by atoms with Crippen LogP contribution >= 0.6 is 11.8 Å². The molecule has 0 aliphatic heterocycles. The molecule has 0 saturated carbocycles. The number of nitrogens with one attached hydrogen (secondary N) is 1. The van der Waals surface area contributed by atoms with Crippen molar-refractivity contribution in [1.29, 1.82) is 0 Å². The Morgan fingerprint density at radius 3 is 2.59 bits per heavy atom. The van der Waals surface area contributed by atoms with Crippen LogP contribution in [0.1, 0.15) is 11.1 Å². The summed E-state index contributed by atoms with van der Waals surface area (Å²) < 4.78 is 0. The number of carbonyl (C=O) groups excluding carboxylic acids is 1. The highest BCUT2D eigenvalue weighted by Crippen LogP contribution is 2.26. The Kier molecular flexibility index (Phi) is 5.16. The van der Waals surface area contributed by atoms with E-state index in [9.17, 15) is 14.9 Å². The van der Waals surface area contributed by atoms with Gasteiger partial charge in [0.25, 0.3) is 5.69 Å². The molecule has 0 unspecified atom stereocenters. The average molecular weight is 316 g/mol. The number of thioether (sulfide) groups is 1. The summed E-state index contributed by atoms with van der Waals surface area (Å²) in [5.41, 5.74) is 2.06. The van der Waals surface area contributed by atoms with Crippen molar-refractivity contribution in [2.45, 2.75) is 18.7 Å². The van der Waals surface area contributed by atoms with Gasteiger partial charge >= 0.3 is 0 Å². The van der Waals surface area contributed by atoms with Crippen LogP contribution in [0.2, 0.25) is 0 Å². The molecule has 6 heteroatoms. The standard InChI is InChI=1S/C16H16N2O3S/c1-11-6-3-4-9-15(11)22-10-16(19)17-13-7-5-8-14(12(13)2)18(20)21/h3-9H,10H2,1-2H3,(H,17,19). The van der Waals surface area contributed by atoms with Gasteiger partial charge in [0.1, 0.15) is 0 Å². The molecule has 0 atom stereocenters. The van der Waals surface area contributed by atoms with Crippen LogP contribution in [-0.2, 0) is 4.79 Å². The molecule has 2 aromatic rings. The minimum absolute atomic E-state index is 0.00403. The summed E-state index contributed by atoms with van der Waals surface area (Å²) >= 11 is 1.44. The molecule has 0 aliphatic rings. The van der Waals surface area contributed by atoms with Gasteiger partial charge in [0.05, 0.1) is 21.9 Å². The molecule has 0 saturated heterocycles. The molecule has 1 amide bonds. The number of hydrogen-bond donors (Lipinski definition) is 1. The fourth-order valence-corrected chi connectivity index (χ4v) is 2.83. The number of hydrogen-bond acceptors (Lipinski definition) is 4. The van der Waals surface area contributed by atoms with Crippen LogP contribution in [0.3, 0.4) is 0 Å². The molecule has 114 valence electrons. The summed E-state index contributed by atoms with van der Waals surface area (Å²) in [7, 11) is 0. The Morgan fingerprint density at radius 2 is 1.91 bits per heavy atom. The maximum Gasteiger partial charge on any atom is 0.274 e. The van der Waals surface area contributed by atoms with E-state index in [1.54, 1.807) is 19.1 Å². The first kappa shape index (κ1) is 16.0. The maximum atomic E-state index is 12.0. The molecule has 0 heterocycles. The first-order valence-corrected chi connectivity index (χ1v) is 7.70. The molecule has 0 bridgehead atoms. The molecule has 0 fully saturated rings. The molecule has 0 radical (unpaired) electrons. The molecule has 1 N–H and O–H groups in total. The number of rotatable bonds is 5. The third-order valence-electron chi connectivity index (χ3n) is 3.23. The van der Waals surface area contributed by atoms with Crippen molar-refractivity contribution >= 4 is 29.0 Å². The fraction of sp³-hybridized carbons (Fsp3) is 0.188. The molecule has 0 spiro atoms. The summed E-state index contributed by atoms with van der Waals surface area (Å²) in [5.74, 6) is 0.0735. The highest BCUT2D eigenvalue weighted by atomic mass is 32.2. The molecular formula is C16H16N2O3S. The molecule has 0 aromatic heterocycles. The van der Waals surface area contributed by atoms with E-state index in [1.807, 2.05) is 31.2 Å². The van der Waals surface area contributed by atoms with Crippen LogP contribution in [0.4, 0.5) is 11.4 Å². The quantitative estimate of drug-likeness (QED) is 0.515. The second-order valence-electron chi connectivity index (χ2n) is 4.81. The Labute approximate surface area is 132 Å². The van der Waals surface area contributed by atoms with Crippen LogP contribution in [0.15, 0.2) is 47.4 Å². The van der Waals surface area contributed by atoms with E-state index in [4.69, 9.17) is 0 Å². The first-order valence-electron chi connectivity index (χ1n) is 6.71. The molecule has 22 heavy (non-hydrogen) atoms. The van der Waals surface area contributed by atoms with Gasteiger partial charge in [-0.15, -0.1) is 11.8 Å². The van der Waals surface area contributed by atoms with Crippen molar-refractivity contribution in [3.8, 4) is 0 Å². The zero-order valence-electron chi connectivity index (χ0n) is 12.3. The van der Waals surface area contributed by atoms with Crippen molar-refractivity contribution in [2.75, 3.05) is 11.1 Å². The topological polar surface area (TPSA) is 72.2 Å². The van der Waals surface area contributed by atoms with Crippen LogP contribution in [-0.4, -0.2) is 16.6 Å². The van der Waals surface area contributed by atoms with Crippen molar-refractivity contribution in [3.05, 3.63) is 63.7 Å². The largest absolute Gasteiger partial charge is 0.325 e. The molecular weight excluding hydrogens is 300 g/mol. The van der Waals surface area contributed by atoms with Crippen LogP contribution in [0.5, 0.6) is 0 Å². The van der Waals surface area contributed by atoms with Gasteiger partial charge in [0, 0.05) is 11.0 Å². The van der Waals surface area contributed by atoms with Crippen molar-refractivity contribution in [3.63, 3.8) is 0 Å². The number of nitro benzene ring substituents is 1. The van der Waals surface area contributed by atoms with E-state index in [1.165, 1.54) is 17.8 Å². The van der Waals surface area contributed by atoms with Crippen molar-refractivity contribution in [1.82, 2.24) is 0 Å². The zero-order chi connectivity index (χ0) is 16.1. The minimum atomic E-state index is -0.451. The number of anilines is 1. The summed E-state index contributed by atoms with van der Waals surface area (Å²) in [5, 5.41) is 13.6. The number of carbonyl (C=O) groups is 1. The Hall–Kier alpha value is -2.34. The summed E-state index contributed by atoms with van der Waals surface area (Å²) in [6.45, 7) is 3.62. The smallest absolute Gasteiger partial charge is 0.274 e. The monoisotopic (exact) mass is 316 g/mol. The highest BCUT2D eigenvalue weighted by Gasteiger charge is 2.14. The molecule has 2 rings (SSSR count). The van der Waals surface area contributed by atoms with E-state index in [-0.39, 0.29) is 17.3 Å². The summed E-state index contributed by atoms with van der Waals surface area (Å²) in [6, 6.07) is 12.5. The molecule has 0 aliphatic carbocycles. The van der Waals surface area contributed by atoms with Gasteiger partial charge in [-0.1, -0.05) is 24.3 Å². The Bertz CT molecular complexity index is 716. The van der Waals surface area contributed by atoms with Gasteiger partial charge in [-0.25, -0.2) is 0 Å². The number of benzene rings is 2. The summed E-state index contributed by atoms with van der Waals surface area (Å²) in [4.78, 5) is 23.5. The van der Waals surface area contributed by atoms with E-state index in [2.05, 4.69) is 5.32 Å². The van der Waals surface area contributed by atoms with E-state index < -0.39 is 4.92 Å². The summed E-state index contributed by atoms with van der Waals surface area (Å²) in [6.07, 6.45) is 0. The van der Waals surface area contributed by atoms with Crippen LogP contribution in [0, 0.1) is 24.0 Å². The number of aryl methyl sites for hydroxylation is 1. The lowest BCUT2D eigenvalue weighted by Crippen LogP contribution is -2.15. The third kappa shape index (κ3) is 3.85. The third-order valence-corrected chi connectivity index (χ3v) is 4.40. The Morgan fingerprint density at radius 1 is 1.18 bits per heavy atom. The predicted octanol–water partition coefficient (Wildman–Crippen LogP) is 3.94. The lowest BCUT2D eigenvalue weighted by molar-refractivity contribution is -0.385. The lowest BCUT2D eigenvalue weighted by Gasteiger charge is -2.09. The van der Waals surface area contributed by atoms with Gasteiger partial charge < -0.3 is 5.32 Å². The second kappa shape index (κ2) is 7.09.